The van der Waals surface area contributed by atoms with Crippen LogP contribution in [0.2, 0.25) is 0 Å². The number of hydrogen-bond donors (Lipinski definition) is 1. The van der Waals surface area contributed by atoms with Crippen LogP contribution >= 0.6 is 0 Å². The summed E-state index contributed by atoms with van der Waals surface area (Å²) in [6.45, 7) is 3.76. The quantitative estimate of drug-likeness (QED) is 0.785. The van der Waals surface area contributed by atoms with Gasteiger partial charge in [-0.05, 0) is 62.4 Å². The first kappa shape index (κ1) is 16.5. The van der Waals surface area contributed by atoms with E-state index in [0.29, 0.717) is 10.8 Å². The van der Waals surface area contributed by atoms with Gasteiger partial charge in [-0.25, -0.2) is 4.68 Å². The van der Waals surface area contributed by atoms with Crippen LogP contribution in [0.3, 0.4) is 0 Å². The van der Waals surface area contributed by atoms with Gasteiger partial charge in [0.25, 0.3) is 11.5 Å². The number of hydrogen-bond acceptors (Lipinski definition) is 3. The summed E-state index contributed by atoms with van der Waals surface area (Å²) >= 11 is 0. The molecule has 0 atom stereocenters. The van der Waals surface area contributed by atoms with E-state index in [0.717, 1.165) is 24.9 Å². The maximum absolute atomic E-state index is 12.9. The highest BCUT2D eigenvalue weighted by molar-refractivity contribution is 6.11. The van der Waals surface area contributed by atoms with Crippen LogP contribution in [-0.4, -0.2) is 15.7 Å². The van der Waals surface area contributed by atoms with E-state index >= 15 is 0 Å². The zero-order chi connectivity index (χ0) is 18.3. The van der Waals surface area contributed by atoms with Gasteiger partial charge in [0.2, 0.25) is 0 Å². The van der Waals surface area contributed by atoms with Crippen molar-refractivity contribution in [2.24, 2.45) is 0 Å². The topological polar surface area (TPSA) is 64.0 Å². The van der Waals surface area contributed by atoms with Crippen molar-refractivity contribution < 1.29 is 4.79 Å². The smallest absolute Gasteiger partial charge is 0.276 e. The second-order valence-corrected chi connectivity index (χ2v) is 7.03. The number of carbonyl (C=O) groups is 1. The van der Waals surface area contributed by atoms with Gasteiger partial charge in [-0.2, -0.15) is 5.10 Å². The molecule has 0 radical (unpaired) electrons. The van der Waals surface area contributed by atoms with Gasteiger partial charge in [-0.3, -0.25) is 9.59 Å². The number of amides is 1. The van der Waals surface area contributed by atoms with Crippen molar-refractivity contribution in [2.45, 2.75) is 39.2 Å². The third-order valence-electron chi connectivity index (χ3n) is 4.89. The van der Waals surface area contributed by atoms with Crippen molar-refractivity contribution in [1.29, 1.82) is 0 Å². The van der Waals surface area contributed by atoms with Crippen LogP contribution in [0.15, 0.2) is 47.3 Å². The van der Waals surface area contributed by atoms with Gasteiger partial charge >= 0.3 is 0 Å². The minimum Gasteiger partial charge on any atom is -0.321 e. The highest BCUT2D eigenvalue weighted by atomic mass is 16.2. The molecule has 26 heavy (non-hydrogen) atoms. The van der Waals surface area contributed by atoms with Crippen molar-refractivity contribution >= 4 is 22.4 Å². The SMILES string of the molecule is CC(C)n1nc(C(=O)Nc2ccc3c(c2)CCC3)c2ccccc2c1=O. The van der Waals surface area contributed by atoms with Crippen LogP contribution < -0.4 is 10.9 Å². The van der Waals surface area contributed by atoms with E-state index in [4.69, 9.17) is 0 Å². The van der Waals surface area contributed by atoms with Crippen LogP contribution in [0.1, 0.15) is 47.9 Å². The Morgan fingerprint density at radius 3 is 2.58 bits per heavy atom. The number of nitrogens with one attached hydrogen (secondary N) is 1. The molecule has 1 N–H and O–H groups in total. The van der Waals surface area contributed by atoms with Crippen molar-refractivity contribution in [1.82, 2.24) is 9.78 Å². The number of fused-ring (bicyclic) bond motifs is 2. The second kappa shape index (κ2) is 6.41. The highest BCUT2D eigenvalue weighted by Crippen LogP contribution is 2.25. The first-order valence-corrected chi connectivity index (χ1v) is 8.99. The molecule has 0 saturated carbocycles. The van der Waals surface area contributed by atoms with Crippen LogP contribution in [0.5, 0.6) is 0 Å². The Bertz CT molecular complexity index is 1070. The first-order chi connectivity index (χ1) is 12.5. The molecule has 132 valence electrons. The highest BCUT2D eigenvalue weighted by Gasteiger charge is 2.19. The molecule has 5 heteroatoms. The third-order valence-corrected chi connectivity index (χ3v) is 4.89. The van der Waals surface area contributed by atoms with Gasteiger partial charge in [-0.15, -0.1) is 0 Å². The molecule has 1 aromatic heterocycles. The summed E-state index contributed by atoms with van der Waals surface area (Å²) in [6, 6.07) is 13.1. The van der Waals surface area contributed by atoms with Crippen LogP contribution in [0, 0.1) is 0 Å². The summed E-state index contributed by atoms with van der Waals surface area (Å²) in [5.41, 5.74) is 3.52. The molecule has 0 aliphatic heterocycles. The monoisotopic (exact) mass is 347 g/mol. The van der Waals surface area contributed by atoms with Crippen LogP contribution in [0.4, 0.5) is 5.69 Å². The maximum Gasteiger partial charge on any atom is 0.276 e. The zero-order valence-electron chi connectivity index (χ0n) is 15.0. The van der Waals surface area contributed by atoms with Crippen molar-refractivity contribution in [2.75, 3.05) is 5.32 Å². The summed E-state index contributed by atoms with van der Waals surface area (Å²) in [5.74, 6) is -0.298. The number of aromatic nitrogens is 2. The molecule has 5 nitrogen and oxygen atoms in total. The maximum atomic E-state index is 12.9. The van der Waals surface area contributed by atoms with Gasteiger partial charge in [0, 0.05) is 11.1 Å². The normalized spacial score (nSPS) is 13.2. The van der Waals surface area contributed by atoms with E-state index in [9.17, 15) is 9.59 Å². The molecule has 0 bridgehead atoms. The van der Waals surface area contributed by atoms with E-state index in [1.807, 2.05) is 32.0 Å². The lowest BCUT2D eigenvalue weighted by Crippen LogP contribution is -2.28. The summed E-state index contributed by atoms with van der Waals surface area (Å²) < 4.78 is 1.37. The Balaban J connectivity index is 1.77. The van der Waals surface area contributed by atoms with E-state index < -0.39 is 0 Å². The summed E-state index contributed by atoms with van der Waals surface area (Å²) in [7, 11) is 0. The summed E-state index contributed by atoms with van der Waals surface area (Å²) in [4.78, 5) is 25.5. The minimum atomic E-state index is -0.298. The zero-order valence-corrected chi connectivity index (χ0v) is 15.0. The van der Waals surface area contributed by atoms with Crippen molar-refractivity contribution in [3.63, 3.8) is 0 Å². The second-order valence-electron chi connectivity index (χ2n) is 7.03. The lowest BCUT2D eigenvalue weighted by atomic mass is 10.1. The molecule has 3 aromatic rings. The molecule has 1 aliphatic rings. The Morgan fingerprint density at radius 1 is 1.08 bits per heavy atom. The van der Waals surface area contributed by atoms with Crippen molar-refractivity contribution in [3.05, 3.63) is 69.6 Å². The van der Waals surface area contributed by atoms with E-state index in [1.54, 1.807) is 18.2 Å². The molecule has 0 saturated heterocycles. The number of nitrogens with zero attached hydrogens (tertiary/aromatic N) is 2. The van der Waals surface area contributed by atoms with Crippen molar-refractivity contribution in [3.8, 4) is 0 Å². The summed E-state index contributed by atoms with van der Waals surface area (Å²) in [5, 5.41) is 8.40. The Labute approximate surface area is 151 Å². The van der Waals surface area contributed by atoms with Gasteiger partial charge in [0.15, 0.2) is 5.69 Å². The lowest BCUT2D eigenvalue weighted by molar-refractivity contribution is 0.102. The molecular weight excluding hydrogens is 326 g/mol. The fraction of sp³-hybridized carbons (Fsp3) is 0.286. The predicted molar refractivity (Wildman–Crippen MR) is 103 cm³/mol. The third kappa shape index (κ3) is 2.79. The molecule has 1 aliphatic carbocycles. The Morgan fingerprint density at radius 2 is 1.81 bits per heavy atom. The largest absolute Gasteiger partial charge is 0.321 e. The molecule has 4 rings (SSSR count). The van der Waals surface area contributed by atoms with E-state index in [1.165, 1.54) is 15.8 Å². The number of aryl methyl sites for hydroxylation is 2. The Hall–Kier alpha value is -2.95. The summed E-state index contributed by atoms with van der Waals surface area (Å²) in [6.07, 6.45) is 3.33. The Kier molecular flexibility index (Phi) is 4.07. The van der Waals surface area contributed by atoms with Gasteiger partial charge in [0.1, 0.15) is 0 Å². The predicted octanol–water partition coefficient (Wildman–Crippen LogP) is 3.72. The molecule has 0 fully saturated rings. The number of benzene rings is 2. The standard InChI is InChI=1S/C21H21N3O2/c1-13(2)24-21(26)18-9-4-3-8-17(18)19(23-24)20(25)22-16-11-10-14-6-5-7-15(14)12-16/h3-4,8-13H,5-7H2,1-2H3,(H,22,25). The molecular formula is C21H21N3O2. The molecule has 1 amide bonds. The average molecular weight is 347 g/mol. The number of anilines is 1. The van der Waals surface area contributed by atoms with Crippen LogP contribution in [0.25, 0.3) is 10.8 Å². The first-order valence-electron chi connectivity index (χ1n) is 8.99. The fourth-order valence-electron chi connectivity index (χ4n) is 3.56. The molecule has 0 spiro atoms. The molecule has 0 unspecified atom stereocenters. The lowest BCUT2D eigenvalue weighted by Gasteiger charge is -2.14. The van der Waals surface area contributed by atoms with Gasteiger partial charge < -0.3 is 5.32 Å². The molecule has 1 heterocycles. The van der Waals surface area contributed by atoms with Gasteiger partial charge in [0.05, 0.1) is 11.4 Å². The van der Waals surface area contributed by atoms with Crippen LogP contribution in [-0.2, 0) is 12.8 Å². The number of carbonyl (C=O) groups excluding carboxylic acids is 1. The number of rotatable bonds is 3. The van der Waals surface area contributed by atoms with Gasteiger partial charge in [-0.1, -0.05) is 24.3 Å². The average Bonchev–Trinajstić information content (AvgIpc) is 3.09. The molecule has 2 aromatic carbocycles. The van der Waals surface area contributed by atoms with E-state index in [2.05, 4.69) is 16.5 Å². The fourth-order valence-corrected chi connectivity index (χ4v) is 3.56. The van der Waals surface area contributed by atoms with E-state index in [-0.39, 0.29) is 23.2 Å². The minimum absolute atomic E-state index is 0.126.